The molecule has 0 bridgehead atoms. The molecule has 5 nitrogen and oxygen atoms in total. The van der Waals surface area contributed by atoms with Crippen LogP contribution in [-0.2, 0) is 15.9 Å². The zero-order chi connectivity index (χ0) is 14.8. The second-order valence-corrected chi connectivity index (χ2v) is 5.35. The van der Waals surface area contributed by atoms with Crippen LogP contribution in [0.15, 0.2) is 29.5 Å². The predicted molar refractivity (Wildman–Crippen MR) is 76.1 cm³/mol. The van der Waals surface area contributed by atoms with Crippen LogP contribution in [0.3, 0.4) is 0 Å². The topological polar surface area (TPSA) is 57.2 Å². The lowest BCUT2D eigenvalue weighted by Gasteiger charge is -2.29. The van der Waals surface area contributed by atoms with Crippen LogP contribution in [0, 0.1) is 0 Å². The molecule has 2 unspecified atom stereocenters. The zero-order valence-electron chi connectivity index (χ0n) is 12.3. The number of benzene rings is 1. The van der Waals surface area contributed by atoms with Crippen molar-refractivity contribution in [2.45, 2.75) is 38.6 Å². The third-order valence-electron chi connectivity index (χ3n) is 3.98. The molecule has 1 aromatic rings. The first-order valence-electron chi connectivity index (χ1n) is 7.13. The molecule has 5 heteroatoms. The van der Waals surface area contributed by atoms with Crippen LogP contribution in [0.4, 0.5) is 0 Å². The number of rotatable bonds is 4. The Morgan fingerprint density at radius 3 is 2.90 bits per heavy atom. The van der Waals surface area contributed by atoms with E-state index >= 15 is 0 Å². The Hall–Kier alpha value is -1.72. The van der Waals surface area contributed by atoms with Gasteiger partial charge in [-0.2, -0.15) is 0 Å². The lowest BCUT2D eigenvalue weighted by Crippen LogP contribution is -2.30. The van der Waals surface area contributed by atoms with Crippen LogP contribution < -0.4 is 9.47 Å². The summed E-state index contributed by atoms with van der Waals surface area (Å²) in [5.74, 6) is 2.41. The lowest BCUT2D eigenvalue weighted by molar-refractivity contribution is -0.129. The highest BCUT2D eigenvalue weighted by Crippen LogP contribution is 2.33. The molecule has 3 rings (SSSR count). The molecule has 0 aromatic heterocycles. The number of hydrogen-bond donors (Lipinski definition) is 1. The van der Waals surface area contributed by atoms with Crippen molar-refractivity contribution in [2.24, 2.45) is 0 Å². The van der Waals surface area contributed by atoms with Gasteiger partial charge in [-0.05, 0) is 37.5 Å². The van der Waals surface area contributed by atoms with Crippen molar-refractivity contribution in [3.63, 3.8) is 0 Å². The lowest BCUT2D eigenvalue weighted by atomic mass is 10.00. The largest absolute Gasteiger partial charge is 0.501 e. The van der Waals surface area contributed by atoms with Gasteiger partial charge >= 0.3 is 0 Å². The molecule has 2 atom stereocenters. The van der Waals surface area contributed by atoms with Crippen molar-refractivity contribution in [2.75, 3.05) is 13.9 Å². The molecule has 1 aromatic carbocycles. The molecule has 0 spiro atoms. The van der Waals surface area contributed by atoms with E-state index in [-0.39, 0.29) is 12.9 Å². The van der Waals surface area contributed by atoms with E-state index in [2.05, 4.69) is 0 Å². The molecule has 0 amide bonds. The van der Waals surface area contributed by atoms with Gasteiger partial charge in [0.15, 0.2) is 17.8 Å². The zero-order valence-corrected chi connectivity index (χ0v) is 12.3. The molecular weight excluding hydrogens is 272 g/mol. The minimum atomic E-state index is -0.865. The van der Waals surface area contributed by atoms with Gasteiger partial charge in [0.2, 0.25) is 6.79 Å². The first-order chi connectivity index (χ1) is 10.2. The Balaban J connectivity index is 1.61. The van der Waals surface area contributed by atoms with E-state index in [0.717, 1.165) is 35.7 Å². The standard InChI is InChI=1S/C16H20O5/c1-10-14(18-2)8-12(21-16(10)17)5-3-11-4-6-13-15(7-11)20-9-19-13/h4,6-7,12,16-17H,3,5,8-9H2,1-2H3. The first kappa shape index (κ1) is 14.2. The van der Waals surface area contributed by atoms with E-state index in [9.17, 15) is 5.11 Å². The van der Waals surface area contributed by atoms with Gasteiger partial charge < -0.3 is 24.1 Å². The minimum absolute atomic E-state index is 0.0379. The third kappa shape index (κ3) is 2.99. The van der Waals surface area contributed by atoms with E-state index in [1.165, 1.54) is 5.56 Å². The van der Waals surface area contributed by atoms with Crippen LogP contribution in [0.1, 0.15) is 25.3 Å². The number of methoxy groups -OCH3 is 1. The van der Waals surface area contributed by atoms with E-state index in [1.54, 1.807) is 7.11 Å². The molecule has 2 aliphatic heterocycles. The Labute approximate surface area is 124 Å². The Morgan fingerprint density at radius 2 is 2.10 bits per heavy atom. The number of aliphatic hydroxyl groups excluding tert-OH is 1. The molecule has 0 saturated heterocycles. The molecule has 1 N–H and O–H groups in total. The maximum Gasteiger partial charge on any atom is 0.231 e. The summed E-state index contributed by atoms with van der Waals surface area (Å²) in [5, 5.41) is 9.88. The number of ether oxygens (including phenoxy) is 4. The SMILES string of the molecule is COC1=C(C)C(O)OC(CCc2ccc3c(c2)OCO3)C1. The van der Waals surface area contributed by atoms with Crippen molar-refractivity contribution >= 4 is 0 Å². The summed E-state index contributed by atoms with van der Waals surface area (Å²) in [6, 6.07) is 5.96. The van der Waals surface area contributed by atoms with Gasteiger partial charge in [0, 0.05) is 12.0 Å². The van der Waals surface area contributed by atoms with Crippen molar-refractivity contribution in [3.8, 4) is 11.5 Å². The van der Waals surface area contributed by atoms with E-state index in [0.29, 0.717) is 6.42 Å². The third-order valence-corrected chi connectivity index (χ3v) is 3.98. The highest BCUT2D eigenvalue weighted by Gasteiger charge is 2.26. The van der Waals surface area contributed by atoms with Gasteiger partial charge in [-0.15, -0.1) is 0 Å². The molecule has 21 heavy (non-hydrogen) atoms. The average molecular weight is 292 g/mol. The van der Waals surface area contributed by atoms with Crippen LogP contribution in [0.25, 0.3) is 0 Å². The molecule has 0 fully saturated rings. The van der Waals surface area contributed by atoms with E-state index < -0.39 is 6.29 Å². The maximum absolute atomic E-state index is 9.88. The van der Waals surface area contributed by atoms with Crippen molar-refractivity contribution in [3.05, 3.63) is 35.1 Å². The quantitative estimate of drug-likeness (QED) is 0.923. The molecule has 2 heterocycles. The van der Waals surface area contributed by atoms with Gasteiger partial charge in [0.25, 0.3) is 0 Å². The van der Waals surface area contributed by atoms with Crippen LogP contribution in [0.5, 0.6) is 11.5 Å². The number of aliphatic hydroxyl groups is 1. The molecular formula is C16H20O5. The van der Waals surface area contributed by atoms with Crippen molar-refractivity contribution < 1.29 is 24.1 Å². The molecule has 0 radical (unpaired) electrons. The highest BCUT2D eigenvalue weighted by atomic mass is 16.7. The second-order valence-electron chi connectivity index (χ2n) is 5.35. The second kappa shape index (κ2) is 5.95. The summed E-state index contributed by atoms with van der Waals surface area (Å²) in [7, 11) is 1.63. The fraction of sp³-hybridized carbons (Fsp3) is 0.500. The Bertz CT molecular complexity index is 552. The molecule has 2 aliphatic rings. The summed E-state index contributed by atoms with van der Waals surface area (Å²) in [6.45, 7) is 2.12. The monoisotopic (exact) mass is 292 g/mol. The summed E-state index contributed by atoms with van der Waals surface area (Å²) >= 11 is 0. The van der Waals surface area contributed by atoms with Gasteiger partial charge in [-0.1, -0.05) is 6.07 Å². The summed E-state index contributed by atoms with van der Waals surface area (Å²) in [4.78, 5) is 0. The van der Waals surface area contributed by atoms with E-state index in [4.69, 9.17) is 18.9 Å². The molecule has 114 valence electrons. The van der Waals surface area contributed by atoms with Gasteiger partial charge in [-0.25, -0.2) is 0 Å². The summed E-state index contributed by atoms with van der Waals surface area (Å²) in [6.07, 6.45) is 1.46. The molecule has 0 saturated carbocycles. The smallest absolute Gasteiger partial charge is 0.231 e. The number of hydrogen-bond acceptors (Lipinski definition) is 5. The van der Waals surface area contributed by atoms with Crippen LogP contribution in [-0.4, -0.2) is 31.4 Å². The first-order valence-corrected chi connectivity index (χ1v) is 7.13. The molecule has 0 aliphatic carbocycles. The summed E-state index contributed by atoms with van der Waals surface area (Å²) < 4.78 is 21.6. The van der Waals surface area contributed by atoms with E-state index in [1.807, 2.05) is 25.1 Å². The van der Waals surface area contributed by atoms with Gasteiger partial charge in [0.1, 0.15) is 5.76 Å². The maximum atomic E-state index is 9.88. The average Bonchev–Trinajstić information content (AvgIpc) is 2.95. The summed E-state index contributed by atoms with van der Waals surface area (Å²) in [5.41, 5.74) is 1.93. The van der Waals surface area contributed by atoms with Crippen molar-refractivity contribution in [1.82, 2.24) is 0 Å². The minimum Gasteiger partial charge on any atom is -0.501 e. The van der Waals surface area contributed by atoms with Crippen LogP contribution >= 0.6 is 0 Å². The number of fused-ring (bicyclic) bond motifs is 1. The number of aryl methyl sites for hydroxylation is 1. The highest BCUT2D eigenvalue weighted by molar-refractivity contribution is 5.44. The van der Waals surface area contributed by atoms with Gasteiger partial charge in [-0.3, -0.25) is 0 Å². The predicted octanol–water partition coefficient (Wildman–Crippen LogP) is 2.38. The van der Waals surface area contributed by atoms with Crippen molar-refractivity contribution in [1.29, 1.82) is 0 Å². The Morgan fingerprint density at radius 1 is 1.29 bits per heavy atom. The normalized spacial score (nSPS) is 24.3. The fourth-order valence-electron chi connectivity index (χ4n) is 2.68. The van der Waals surface area contributed by atoms with Crippen LogP contribution in [0.2, 0.25) is 0 Å². The van der Waals surface area contributed by atoms with Gasteiger partial charge in [0.05, 0.1) is 13.2 Å². The fourth-order valence-corrected chi connectivity index (χ4v) is 2.68. The Kier molecular flexibility index (Phi) is 4.03.